The Balaban J connectivity index is 2.80. The molecule has 4 nitrogen and oxygen atoms in total. The summed E-state index contributed by atoms with van der Waals surface area (Å²) < 4.78 is 5.29. The van der Waals surface area contributed by atoms with Gasteiger partial charge in [-0.2, -0.15) is 0 Å². The minimum Gasteiger partial charge on any atom is -0.496 e. The standard InChI is InChI=1S/C15H25NO3/c1-10(2)12-5-6-15(19-4)13(7-12)14(18)9-16-8-11(3)17/h5-7,10-11,14,16-18H,8-9H2,1-4H3. The van der Waals surface area contributed by atoms with Gasteiger partial charge in [0.15, 0.2) is 0 Å². The zero-order valence-corrected chi connectivity index (χ0v) is 12.2. The zero-order valence-electron chi connectivity index (χ0n) is 12.2. The third-order valence-electron chi connectivity index (χ3n) is 3.06. The zero-order chi connectivity index (χ0) is 14.4. The predicted octanol–water partition coefficient (Wildman–Crippen LogP) is 1.82. The number of benzene rings is 1. The highest BCUT2D eigenvalue weighted by Crippen LogP contribution is 2.28. The predicted molar refractivity (Wildman–Crippen MR) is 76.6 cm³/mol. The summed E-state index contributed by atoms with van der Waals surface area (Å²) in [6.45, 7) is 6.79. The first kappa shape index (κ1) is 16.0. The van der Waals surface area contributed by atoms with Gasteiger partial charge < -0.3 is 20.3 Å². The fourth-order valence-electron chi connectivity index (χ4n) is 1.91. The first-order chi connectivity index (χ1) is 8.95. The second-order valence-corrected chi connectivity index (χ2v) is 5.18. The lowest BCUT2D eigenvalue weighted by atomic mass is 9.98. The topological polar surface area (TPSA) is 61.7 Å². The number of aliphatic hydroxyl groups excluding tert-OH is 2. The molecular formula is C15H25NO3. The van der Waals surface area contributed by atoms with Gasteiger partial charge in [0.25, 0.3) is 0 Å². The van der Waals surface area contributed by atoms with Crippen molar-refractivity contribution in [1.29, 1.82) is 0 Å². The molecule has 0 aromatic heterocycles. The van der Waals surface area contributed by atoms with E-state index in [9.17, 15) is 10.2 Å². The molecular weight excluding hydrogens is 242 g/mol. The minimum absolute atomic E-state index is 0.392. The lowest BCUT2D eigenvalue weighted by Crippen LogP contribution is -2.28. The molecule has 108 valence electrons. The molecule has 0 spiro atoms. The van der Waals surface area contributed by atoms with E-state index in [4.69, 9.17) is 4.74 Å². The molecule has 4 heteroatoms. The van der Waals surface area contributed by atoms with Crippen LogP contribution in [-0.2, 0) is 0 Å². The number of ether oxygens (including phenoxy) is 1. The summed E-state index contributed by atoms with van der Waals surface area (Å²) in [5.74, 6) is 1.10. The maximum atomic E-state index is 10.2. The van der Waals surface area contributed by atoms with Gasteiger partial charge in [0.05, 0.1) is 19.3 Å². The molecule has 0 aliphatic carbocycles. The van der Waals surface area contributed by atoms with Gasteiger partial charge in [0.2, 0.25) is 0 Å². The van der Waals surface area contributed by atoms with Crippen LogP contribution in [0.25, 0.3) is 0 Å². The first-order valence-corrected chi connectivity index (χ1v) is 6.70. The van der Waals surface area contributed by atoms with Crippen molar-refractivity contribution >= 4 is 0 Å². The highest BCUT2D eigenvalue weighted by atomic mass is 16.5. The molecule has 0 saturated heterocycles. The second kappa shape index (κ2) is 7.48. The van der Waals surface area contributed by atoms with Crippen LogP contribution in [0.3, 0.4) is 0 Å². The van der Waals surface area contributed by atoms with E-state index in [0.717, 1.165) is 5.56 Å². The molecule has 3 N–H and O–H groups in total. The second-order valence-electron chi connectivity index (χ2n) is 5.18. The van der Waals surface area contributed by atoms with E-state index in [-0.39, 0.29) is 0 Å². The van der Waals surface area contributed by atoms with Crippen molar-refractivity contribution in [3.8, 4) is 5.75 Å². The largest absolute Gasteiger partial charge is 0.496 e. The smallest absolute Gasteiger partial charge is 0.124 e. The van der Waals surface area contributed by atoms with Crippen molar-refractivity contribution in [2.24, 2.45) is 0 Å². The Morgan fingerprint density at radius 3 is 2.37 bits per heavy atom. The molecule has 2 unspecified atom stereocenters. The Hall–Kier alpha value is -1.10. The molecule has 0 amide bonds. The van der Waals surface area contributed by atoms with Crippen molar-refractivity contribution < 1.29 is 14.9 Å². The average Bonchev–Trinajstić information content (AvgIpc) is 2.37. The van der Waals surface area contributed by atoms with E-state index in [1.165, 1.54) is 5.56 Å². The maximum absolute atomic E-state index is 10.2. The van der Waals surface area contributed by atoms with Gasteiger partial charge in [-0.25, -0.2) is 0 Å². The highest BCUT2D eigenvalue weighted by Gasteiger charge is 2.15. The molecule has 0 heterocycles. The summed E-state index contributed by atoms with van der Waals surface area (Å²) in [5.41, 5.74) is 1.96. The van der Waals surface area contributed by atoms with Gasteiger partial charge in [-0.05, 0) is 30.5 Å². The van der Waals surface area contributed by atoms with Crippen molar-refractivity contribution in [3.63, 3.8) is 0 Å². The Labute approximate surface area is 115 Å². The molecule has 1 aromatic rings. The van der Waals surface area contributed by atoms with Crippen LogP contribution in [0.15, 0.2) is 18.2 Å². The van der Waals surface area contributed by atoms with Crippen LogP contribution in [0, 0.1) is 0 Å². The molecule has 0 saturated carbocycles. The number of rotatable bonds is 7. The van der Waals surface area contributed by atoms with Crippen LogP contribution in [0.4, 0.5) is 0 Å². The minimum atomic E-state index is -0.646. The molecule has 0 radical (unpaired) electrons. The summed E-state index contributed by atoms with van der Waals surface area (Å²) in [5, 5.41) is 22.4. The highest BCUT2D eigenvalue weighted by molar-refractivity contribution is 5.40. The molecule has 1 aromatic carbocycles. The maximum Gasteiger partial charge on any atom is 0.124 e. The van der Waals surface area contributed by atoms with Crippen molar-refractivity contribution in [1.82, 2.24) is 5.32 Å². The Kier molecular flexibility index (Phi) is 6.28. The van der Waals surface area contributed by atoms with Crippen LogP contribution in [-0.4, -0.2) is 36.5 Å². The van der Waals surface area contributed by atoms with E-state index >= 15 is 0 Å². The normalized spacial score (nSPS) is 14.5. The van der Waals surface area contributed by atoms with Gasteiger partial charge in [-0.1, -0.05) is 19.9 Å². The van der Waals surface area contributed by atoms with Crippen LogP contribution >= 0.6 is 0 Å². The van der Waals surface area contributed by atoms with Crippen molar-refractivity contribution in [2.75, 3.05) is 20.2 Å². The molecule has 1 rings (SSSR count). The van der Waals surface area contributed by atoms with Gasteiger partial charge in [0, 0.05) is 18.7 Å². The third kappa shape index (κ3) is 4.82. The SMILES string of the molecule is COc1ccc(C(C)C)cc1C(O)CNCC(C)O. The van der Waals surface area contributed by atoms with E-state index in [1.807, 2.05) is 18.2 Å². The Morgan fingerprint density at radius 2 is 1.84 bits per heavy atom. The molecule has 19 heavy (non-hydrogen) atoms. The van der Waals surface area contributed by atoms with Gasteiger partial charge in [0.1, 0.15) is 5.75 Å². The van der Waals surface area contributed by atoms with Crippen LogP contribution < -0.4 is 10.1 Å². The lowest BCUT2D eigenvalue weighted by molar-refractivity contribution is 0.152. The van der Waals surface area contributed by atoms with Gasteiger partial charge in [-0.3, -0.25) is 0 Å². The molecule has 2 atom stereocenters. The molecule has 0 aliphatic heterocycles. The summed E-state index contributed by atoms with van der Waals surface area (Å²) >= 11 is 0. The molecule has 0 fully saturated rings. The summed E-state index contributed by atoms with van der Waals surface area (Å²) in [6.07, 6.45) is -1.07. The fraction of sp³-hybridized carbons (Fsp3) is 0.600. The summed E-state index contributed by atoms with van der Waals surface area (Å²) in [7, 11) is 1.60. The average molecular weight is 267 g/mol. The number of aliphatic hydroxyl groups is 2. The van der Waals surface area contributed by atoms with E-state index in [2.05, 4.69) is 19.2 Å². The van der Waals surface area contributed by atoms with E-state index in [0.29, 0.717) is 24.8 Å². The van der Waals surface area contributed by atoms with E-state index < -0.39 is 12.2 Å². The summed E-state index contributed by atoms with van der Waals surface area (Å²) in [6, 6.07) is 5.89. The van der Waals surface area contributed by atoms with Gasteiger partial charge in [-0.15, -0.1) is 0 Å². The number of hydrogen-bond donors (Lipinski definition) is 3. The van der Waals surface area contributed by atoms with E-state index in [1.54, 1.807) is 14.0 Å². The van der Waals surface area contributed by atoms with Gasteiger partial charge >= 0.3 is 0 Å². The third-order valence-corrected chi connectivity index (χ3v) is 3.06. The summed E-state index contributed by atoms with van der Waals surface area (Å²) in [4.78, 5) is 0. The molecule has 0 bridgehead atoms. The van der Waals surface area contributed by atoms with Crippen LogP contribution in [0.1, 0.15) is 43.9 Å². The Bertz CT molecular complexity index is 391. The quantitative estimate of drug-likeness (QED) is 0.705. The first-order valence-electron chi connectivity index (χ1n) is 6.70. The lowest BCUT2D eigenvalue weighted by Gasteiger charge is -2.18. The monoisotopic (exact) mass is 267 g/mol. The van der Waals surface area contributed by atoms with Crippen LogP contribution in [0.2, 0.25) is 0 Å². The molecule has 0 aliphatic rings. The van der Waals surface area contributed by atoms with Crippen LogP contribution in [0.5, 0.6) is 5.75 Å². The fourth-order valence-corrected chi connectivity index (χ4v) is 1.91. The number of nitrogens with one attached hydrogen (secondary N) is 1. The number of methoxy groups -OCH3 is 1. The van der Waals surface area contributed by atoms with Crippen molar-refractivity contribution in [2.45, 2.75) is 38.9 Å². The van der Waals surface area contributed by atoms with Crippen molar-refractivity contribution in [3.05, 3.63) is 29.3 Å². The number of hydrogen-bond acceptors (Lipinski definition) is 4. The Morgan fingerprint density at radius 1 is 1.16 bits per heavy atom.